The van der Waals surface area contributed by atoms with Crippen LogP contribution in [0.3, 0.4) is 0 Å². The minimum absolute atomic E-state index is 0.356. The highest BCUT2D eigenvalue weighted by Crippen LogP contribution is 2.49. The van der Waals surface area contributed by atoms with Gasteiger partial charge in [0.25, 0.3) is 0 Å². The number of anilines is 1. The van der Waals surface area contributed by atoms with Gasteiger partial charge in [-0.3, -0.25) is 4.79 Å². The van der Waals surface area contributed by atoms with Crippen molar-refractivity contribution >= 4 is 11.6 Å². The third-order valence-corrected chi connectivity index (χ3v) is 5.58. The number of aryl methyl sites for hydroxylation is 1. The fourth-order valence-electron chi connectivity index (χ4n) is 4.20. The zero-order valence-electron chi connectivity index (χ0n) is 13.0. The lowest BCUT2D eigenvalue weighted by molar-refractivity contribution is 0.1000. The molecule has 1 aromatic carbocycles. The van der Waals surface area contributed by atoms with Crippen molar-refractivity contribution in [3.8, 4) is 0 Å². The molecule has 3 heteroatoms. The molecule has 0 aliphatic heterocycles. The molecule has 3 N–H and O–H groups in total. The zero-order chi connectivity index (χ0) is 14.9. The van der Waals surface area contributed by atoms with Crippen LogP contribution in [-0.4, -0.2) is 11.9 Å². The van der Waals surface area contributed by atoms with Gasteiger partial charge in [0.2, 0.25) is 5.91 Å². The fraction of sp³-hybridized carbons (Fsp3) is 0.611. The average molecular weight is 286 g/mol. The normalized spacial score (nSPS) is 21.6. The second-order valence-corrected chi connectivity index (χ2v) is 7.02. The number of primary amides is 1. The Balaban J connectivity index is 1.61. The van der Waals surface area contributed by atoms with Gasteiger partial charge < -0.3 is 11.1 Å². The summed E-state index contributed by atoms with van der Waals surface area (Å²) in [6.07, 6.45) is 11.1. The van der Waals surface area contributed by atoms with E-state index in [2.05, 4.69) is 5.32 Å². The largest absolute Gasteiger partial charge is 0.382 e. The third-order valence-electron chi connectivity index (χ3n) is 5.58. The van der Waals surface area contributed by atoms with Crippen molar-refractivity contribution in [2.75, 3.05) is 5.32 Å². The smallest absolute Gasteiger partial charge is 0.248 e. The van der Waals surface area contributed by atoms with E-state index in [1.807, 2.05) is 25.1 Å². The molecule has 3 rings (SSSR count). The first kappa shape index (κ1) is 14.4. The highest BCUT2D eigenvalue weighted by Gasteiger charge is 2.37. The molecule has 3 nitrogen and oxygen atoms in total. The second-order valence-electron chi connectivity index (χ2n) is 7.02. The molecule has 0 atom stereocenters. The van der Waals surface area contributed by atoms with Gasteiger partial charge in [-0.25, -0.2) is 0 Å². The van der Waals surface area contributed by atoms with Gasteiger partial charge in [0.1, 0.15) is 0 Å². The summed E-state index contributed by atoms with van der Waals surface area (Å²) in [6, 6.07) is 6.27. The quantitative estimate of drug-likeness (QED) is 0.882. The molecule has 1 aromatic rings. The monoisotopic (exact) mass is 286 g/mol. The number of amides is 1. The molecule has 1 spiro atoms. The zero-order valence-corrected chi connectivity index (χ0v) is 13.0. The van der Waals surface area contributed by atoms with Crippen molar-refractivity contribution in [3.63, 3.8) is 0 Å². The summed E-state index contributed by atoms with van der Waals surface area (Å²) in [5.41, 5.74) is 8.85. The molecular weight excluding hydrogens is 260 g/mol. The predicted molar refractivity (Wildman–Crippen MR) is 86.5 cm³/mol. The van der Waals surface area contributed by atoms with E-state index in [0.717, 1.165) is 11.3 Å². The minimum Gasteiger partial charge on any atom is -0.382 e. The number of nitrogens with two attached hydrogens (primary N) is 1. The third kappa shape index (κ3) is 3.07. The van der Waals surface area contributed by atoms with Crippen LogP contribution in [0.15, 0.2) is 18.2 Å². The van der Waals surface area contributed by atoms with Crippen molar-refractivity contribution in [3.05, 3.63) is 29.3 Å². The molecule has 0 radical (unpaired) electrons. The van der Waals surface area contributed by atoms with E-state index >= 15 is 0 Å². The van der Waals surface area contributed by atoms with E-state index in [0.29, 0.717) is 17.0 Å². The summed E-state index contributed by atoms with van der Waals surface area (Å²) in [5.74, 6) is -0.356. The van der Waals surface area contributed by atoms with E-state index in [9.17, 15) is 4.79 Å². The molecule has 0 unspecified atom stereocenters. The van der Waals surface area contributed by atoms with Crippen LogP contribution < -0.4 is 11.1 Å². The van der Waals surface area contributed by atoms with Crippen LogP contribution in [0.25, 0.3) is 0 Å². The Morgan fingerprint density at radius 1 is 1.19 bits per heavy atom. The number of benzene rings is 1. The van der Waals surface area contributed by atoms with Crippen LogP contribution in [0.1, 0.15) is 67.3 Å². The van der Waals surface area contributed by atoms with Crippen LogP contribution in [-0.2, 0) is 0 Å². The minimum atomic E-state index is -0.356. The van der Waals surface area contributed by atoms with Gasteiger partial charge in [-0.05, 0) is 74.6 Å². The van der Waals surface area contributed by atoms with Gasteiger partial charge in [0, 0.05) is 17.3 Å². The number of hydrogen-bond acceptors (Lipinski definition) is 2. The maximum Gasteiger partial charge on any atom is 0.248 e. The number of rotatable bonds is 3. The first-order valence-corrected chi connectivity index (χ1v) is 8.25. The molecule has 21 heavy (non-hydrogen) atoms. The molecule has 0 heterocycles. The lowest BCUT2D eigenvalue weighted by Crippen LogP contribution is -2.31. The van der Waals surface area contributed by atoms with Crippen molar-refractivity contribution in [2.24, 2.45) is 11.1 Å². The summed E-state index contributed by atoms with van der Waals surface area (Å²) >= 11 is 0. The predicted octanol–water partition coefficient (Wildman–Crippen LogP) is 4.01. The Bertz CT molecular complexity index is 522. The van der Waals surface area contributed by atoms with Gasteiger partial charge in [-0.2, -0.15) is 0 Å². The van der Waals surface area contributed by atoms with Gasteiger partial charge in [-0.1, -0.05) is 12.8 Å². The lowest BCUT2D eigenvalue weighted by Gasteiger charge is -2.38. The first-order chi connectivity index (χ1) is 10.1. The standard InChI is InChI=1S/C18H26N2O/c1-13-12-14(17(19)21)4-5-16(13)20-15-6-10-18(11-7-15)8-2-3-9-18/h4-5,12,15,20H,2-3,6-11H2,1H3,(H2,19,21). The van der Waals surface area contributed by atoms with Gasteiger partial charge in [0.15, 0.2) is 0 Å². The first-order valence-electron chi connectivity index (χ1n) is 8.25. The summed E-state index contributed by atoms with van der Waals surface area (Å²) in [4.78, 5) is 11.2. The van der Waals surface area contributed by atoms with Crippen LogP contribution in [0.4, 0.5) is 5.69 Å². The SMILES string of the molecule is Cc1cc(C(N)=O)ccc1NC1CCC2(CCCC2)CC1. The Labute approximate surface area is 127 Å². The van der Waals surface area contributed by atoms with E-state index in [-0.39, 0.29) is 5.91 Å². The fourth-order valence-corrected chi connectivity index (χ4v) is 4.20. The molecule has 0 aromatic heterocycles. The number of nitrogens with one attached hydrogen (secondary N) is 1. The second kappa shape index (κ2) is 5.70. The molecule has 1 amide bonds. The summed E-state index contributed by atoms with van der Waals surface area (Å²) in [5, 5.41) is 3.67. The van der Waals surface area contributed by atoms with E-state index in [4.69, 9.17) is 5.73 Å². The Morgan fingerprint density at radius 3 is 2.43 bits per heavy atom. The van der Waals surface area contributed by atoms with Gasteiger partial charge in [0.05, 0.1) is 0 Å². The Morgan fingerprint density at radius 2 is 1.86 bits per heavy atom. The maximum atomic E-state index is 11.2. The van der Waals surface area contributed by atoms with Crippen molar-refractivity contribution in [1.29, 1.82) is 0 Å². The highest BCUT2D eigenvalue weighted by molar-refractivity contribution is 5.93. The Kier molecular flexibility index (Phi) is 3.92. The molecule has 0 saturated heterocycles. The van der Waals surface area contributed by atoms with Crippen molar-refractivity contribution in [1.82, 2.24) is 0 Å². The molecule has 114 valence electrons. The molecule has 2 aliphatic carbocycles. The number of carbonyl (C=O) groups is 1. The van der Waals surface area contributed by atoms with Crippen LogP contribution in [0.2, 0.25) is 0 Å². The average Bonchev–Trinajstić information content (AvgIpc) is 2.92. The van der Waals surface area contributed by atoms with Crippen molar-refractivity contribution in [2.45, 2.75) is 64.3 Å². The Hall–Kier alpha value is -1.51. The number of carbonyl (C=O) groups excluding carboxylic acids is 1. The summed E-state index contributed by atoms with van der Waals surface area (Å²) < 4.78 is 0. The lowest BCUT2D eigenvalue weighted by atomic mass is 9.71. The van der Waals surface area contributed by atoms with Crippen LogP contribution in [0, 0.1) is 12.3 Å². The molecular formula is C18H26N2O. The topological polar surface area (TPSA) is 55.1 Å². The molecule has 2 fully saturated rings. The molecule has 2 aliphatic rings. The van der Waals surface area contributed by atoms with Gasteiger partial charge >= 0.3 is 0 Å². The summed E-state index contributed by atoms with van der Waals surface area (Å²) in [7, 11) is 0. The number of hydrogen-bond donors (Lipinski definition) is 2. The van der Waals surface area contributed by atoms with Crippen LogP contribution >= 0.6 is 0 Å². The van der Waals surface area contributed by atoms with Gasteiger partial charge in [-0.15, -0.1) is 0 Å². The maximum absolute atomic E-state index is 11.2. The summed E-state index contributed by atoms with van der Waals surface area (Å²) in [6.45, 7) is 2.04. The van der Waals surface area contributed by atoms with E-state index < -0.39 is 0 Å². The van der Waals surface area contributed by atoms with E-state index in [1.54, 1.807) is 0 Å². The molecule has 0 bridgehead atoms. The molecule has 2 saturated carbocycles. The highest BCUT2D eigenvalue weighted by atomic mass is 16.1. The van der Waals surface area contributed by atoms with E-state index in [1.165, 1.54) is 51.4 Å². The van der Waals surface area contributed by atoms with Crippen molar-refractivity contribution < 1.29 is 4.79 Å². The van der Waals surface area contributed by atoms with Crippen LogP contribution in [0.5, 0.6) is 0 Å².